The number of hydrogen-bond acceptors (Lipinski definition) is 3. The summed E-state index contributed by atoms with van der Waals surface area (Å²) in [5.74, 6) is 5.81. The molecular formula is C13H15FN2O. The van der Waals surface area contributed by atoms with Gasteiger partial charge in [-0.2, -0.15) is 0 Å². The normalized spacial score (nSPS) is 12.7. The maximum atomic E-state index is 14.0. The van der Waals surface area contributed by atoms with E-state index in [9.17, 15) is 4.39 Å². The molecule has 0 bridgehead atoms. The van der Waals surface area contributed by atoms with E-state index in [2.05, 4.69) is 5.43 Å². The topological polar surface area (TPSA) is 51.2 Å². The maximum Gasteiger partial charge on any atom is 0.129 e. The number of nitrogens with two attached hydrogens (primary N) is 1. The molecule has 3 N–H and O–H groups in total. The molecule has 0 aliphatic heterocycles. The van der Waals surface area contributed by atoms with Crippen LogP contribution in [0, 0.1) is 19.7 Å². The van der Waals surface area contributed by atoms with Crippen molar-refractivity contribution in [2.45, 2.75) is 19.9 Å². The molecule has 90 valence electrons. The molecule has 1 aromatic carbocycles. The lowest BCUT2D eigenvalue weighted by Crippen LogP contribution is -2.29. The predicted molar refractivity (Wildman–Crippen MR) is 63.7 cm³/mol. The van der Waals surface area contributed by atoms with Gasteiger partial charge in [-0.25, -0.2) is 9.82 Å². The summed E-state index contributed by atoms with van der Waals surface area (Å²) in [7, 11) is 0. The third-order valence-electron chi connectivity index (χ3n) is 2.76. The van der Waals surface area contributed by atoms with E-state index >= 15 is 0 Å². The number of rotatable bonds is 3. The zero-order chi connectivity index (χ0) is 12.4. The summed E-state index contributed by atoms with van der Waals surface area (Å²) in [4.78, 5) is 0. The number of aryl methyl sites for hydroxylation is 2. The molecule has 3 nitrogen and oxygen atoms in total. The van der Waals surface area contributed by atoms with E-state index < -0.39 is 6.04 Å². The summed E-state index contributed by atoms with van der Waals surface area (Å²) in [5, 5.41) is 0. The summed E-state index contributed by atoms with van der Waals surface area (Å²) in [6.07, 6.45) is 1.54. The fourth-order valence-corrected chi connectivity index (χ4v) is 2.06. The largest absolute Gasteiger partial charge is 0.467 e. The van der Waals surface area contributed by atoms with Gasteiger partial charge in [-0.05, 0) is 43.2 Å². The van der Waals surface area contributed by atoms with Crippen LogP contribution in [0.1, 0.15) is 28.5 Å². The van der Waals surface area contributed by atoms with Crippen molar-refractivity contribution in [1.82, 2.24) is 5.43 Å². The Morgan fingerprint density at radius 3 is 2.65 bits per heavy atom. The van der Waals surface area contributed by atoms with E-state index in [4.69, 9.17) is 10.3 Å². The monoisotopic (exact) mass is 234 g/mol. The van der Waals surface area contributed by atoms with E-state index in [1.807, 2.05) is 19.9 Å². The highest BCUT2D eigenvalue weighted by atomic mass is 19.1. The Kier molecular flexibility index (Phi) is 3.26. The van der Waals surface area contributed by atoms with E-state index in [0.29, 0.717) is 11.3 Å². The lowest BCUT2D eigenvalue weighted by atomic mass is 9.97. The molecule has 0 spiro atoms. The van der Waals surface area contributed by atoms with Gasteiger partial charge < -0.3 is 4.42 Å². The molecular weight excluding hydrogens is 219 g/mol. The summed E-state index contributed by atoms with van der Waals surface area (Å²) in [5.41, 5.74) is 4.85. The van der Waals surface area contributed by atoms with Crippen molar-refractivity contribution < 1.29 is 8.81 Å². The summed E-state index contributed by atoms with van der Waals surface area (Å²) < 4.78 is 19.3. The Labute approximate surface area is 99.4 Å². The van der Waals surface area contributed by atoms with Gasteiger partial charge in [0.25, 0.3) is 0 Å². The number of nitrogens with one attached hydrogen (secondary N) is 1. The fraction of sp³-hybridized carbons (Fsp3) is 0.231. The quantitative estimate of drug-likeness (QED) is 0.634. The number of hydrogen-bond donors (Lipinski definition) is 2. The maximum absolute atomic E-state index is 14.0. The molecule has 0 saturated heterocycles. The van der Waals surface area contributed by atoms with E-state index in [1.54, 1.807) is 18.4 Å². The zero-order valence-electron chi connectivity index (χ0n) is 9.83. The Bertz CT molecular complexity index is 485. The van der Waals surface area contributed by atoms with Crippen molar-refractivity contribution in [1.29, 1.82) is 0 Å². The highest BCUT2D eigenvalue weighted by molar-refractivity contribution is 5.37. The van der Waals surface area contributed by atoms with Crippen molar-refractivity contribution in [2.24, 2.45) is 5.84 Å². The van der Waals surface area contributed by atoms with Gasteiger partial charge >= 0.3 is 0 Å². The predicted octanol–water partition coefficient (Wildman–Crippen LogP) is 2.59. The first-order valence-electron chi connectivity index (χ1n) is 5.39. The van der Waals surface area contributed by atoms with Gasteiger partial charge in [0.15, 0.2) is 0 Å². The molecule has 1 heterocycles. The van der Waals surface area contributed by atoms with Gasteiger partial charge in [-0.3, -0.25) is 5.84 Å². The molecule has 0 aliphatic rings. The second-order valence-electron chi connectivity index (χ2n) is 4.09. The Balaban J connectivity index is 2.52. The van der Waals surface area contributed by atoms with Crippen LogP contribution in [0.5, 0.6) is 0 Å². The average Bonchev–Trinajstić information content (AvgIpc) is 2.76. The Hall–Kier alpha value is -1.65. The number of furan rings is 1. The van der Waals surface area contributed by atoms with Gasteiger partial charge in [0.05, 0.1) is 6.26 Å². The first-order valence-corrected chi connectivity index (χ1v) is 5.39. The second-order valence-corrected chi connectivity index (χ2v) is 4.09. The van der Waals surface area contributed by atoms with Crippen LogP contribution in [0.3, 0.4) is 0 Å². The number of hydrazine groups is 1. The van der Waals surface area contributed by atoms with E-state index in [0.717, 1.165) is 11.1 Å². The van der Waals surface area contributed by atoms with Gasteiger partial charge in [0.1, 0.15) is 17.6 Å². The van der Waals surface area contributed by atoms with Gasteiger partial charge in [0.2, 0.25) is 0 Å². The zero-order valence-corrected chi connectivity index (χ0v) is 9.83. The lowest BCUT2D eigenvalue weighted by Gasteiger charge is -2.17. The standard InChI is InChI=1S/C13H15FN2O/c1-8-6-9(2)12(10(14)7-8)13(16-15)11-4-3-5-17-11/h3-7,13,16H,15H2,1-2H3. The molecule has 0 saturated carbocycles. The molecule has 0 radical (unpaired) electrons. The molecule has 1 unspecified atom stereocenters. The molecule has 1 atom stereocenters. The van der Waals surface area contributed by atoms with Crippen LogP contribution in [0.15, 0.2) is 34.9 Å². The van der Waals surface area contributed by atoms with Crippen molar-refractivity contribution in [3.8, 4) is 0 Å². The van der Waals surface area contributed by atoms with Crippen molar-refractivity contribution in [2.75, 3.05) is 0 Å². The molecule has 4 heteroatoms. The molecule has 2 aromatic rings. The van der Waals surface area contributed by atoms with Gasteiger partial charge in [0, 0.05) is 5.56 Å². The van der Waals surface area contributed by atoms with Crippen molar-refractivity contribution >= 4 is 0 Å². The number of benzene rings is 1. The summed E-state index contributed by atoms with van der Waals surface area (Å²) >= 11 is 0. The third-order valence-corrected chi connectivity index (χ3v) is 2.76. The smallest absolute Gasteiger partial charge is 0.129 e. The van der Waals surface area contributed by atoms with Crippen LogP contribution >= 0.6 is 0 Å². The van der Waals surface area contributed by atoms with Crippen LogP contribution in [0.2, 0.25) is 0 Å². The Morgan fingerprint density at radius 1 is 1.35 bits per heavy atom. The minimum absolute atomic E-state index is 0.276. The Morgan fingerprint density at radius 2 is 2.12 bits per heavy atom. The minimum Gasteiger partial charge on any atom is -0.467 e. The van der Waals surface area contributed by atoms with Crippen LogP contribution in [0.25, 0.3) is 0 Å². The molecule has 1 aromatic heterocycles. The number of halogens is 1. The van der Waals surface area contributed by atoms with Crippen molar-refractivity contribution in [3.63, 3.8) is 0 Å². The highest BCUT2D eigenvalue weighted by Gasteiger charge is 2.21. The molecule has 17 heavy (non-hydrogen) atoms. The SMILES string of the molecule is Cc1cc(C)c(C(NN)c2ccco2)c(F)c1. The summed E-state index contributed by atoms with van der Waals surface area (Å²) in [6, 6.07) is 6.47. The van der Waals surface area contributed by atoms with E-state index in [1.165, 1.54) is 6.07 Å². The van der Waals surface area contributed by atoms with Crippen molar-refractivity contribution in [3.05, 3.63) is 58.8 Å². The molecule has 0 amide bonds. The van der Waals surface area contributed by atoms with E-state index in [-0.39, 0.29) is 5.82 Å². The van der Waals surface area contributed by atoms with Crippen LogP contribution in [-0.2, 0) is 0 Å². The first kappa shape index (κ1) is 11.8. The van der Waals surface area contributed by atoms with Gasteiger partial charge in [-0.15, -0.1) is 0 Å². The fourth-order valence-electron chi connectivity index (χ4n) is 2.06. The molecule has 2 rings (SSSR count). The first-order chi connectivity index (χ1) is 8.13. The van der Waals surface area contributed by atoms with Crippen LogP contribution in [-0.4, -0.2) is 0 Å². The van der Waals surface area contributed by atoms with Crippen LogP contribution in [0.4, 0.5) is 4.39 Å². The van der Waals surface area contributed by atoms with Gasteiger partial charge in [-0.1, -0.05) is 6.07 Å². The average molecular weight is 234 g/mol. The minimum atomic E-state index is -0.467. The third kappa shape index (κ3) is 2.23. The summed E-state index contributed by atoms with van der Waals surface area (Å²) in [6.45, 7) is 3.72. The van der Waals surface area contributed by atoms with Crippen LogP contribution < -0.4 is 11.3 Å². The molecule has 0 aliphatic carbocycles. The second kappa shape index (κ2) is 4.69. The highest BCUT2D eigenvalue weighted by Crippen LogP contribution is 2.27. The molecule has 0 fully saturated rings. The lowest BCUT2D eigenvalue weighted by molar-refractivity contribution is 0.440.